The molecule has 2 unspecified atom stereocenters. The molecule has 4 aromatic rings. The van der Waals surface area contributed by atoms with Crippen LogP contribution in [0.3, 0.4) is 0 Å². The van der Waals surface area contributed by atoms with E-state index in [1.54, 1.807) is 30.5 Å². The van der Waals surface area contributed by atoms with E-state index in [1.807, 2.05) is 46.0 Å². The topological polar surface area (TPSA) is 53.3 Å². The third-order valence-corrected chi connectivity index (χ3v) is 6.40. The van der Waals surface area contributed by atoms with Crippen LogP contribution in [0.15, 0.2) is 79.1 Å². The smallest absolute Gasteiger partial charge is 0.174 e. The Morgan fingerprint density at radius 1 is 1.03 bits per heavy atom. The van der Waals surface area contributed by atoms with E-state index < -0.39 is 11.9 Å². The monoisotopic (exact) mass is 498 g/mol. The fraction of sp³-hybridized carbons (Fsp3) is 0.0833. The molecule has 0 radical (unpaired) electrons. The molecule has 0 aliphatic carbocycles. The molecule has 2 aromatic carbocycles. The van der Waals surface area contributed by atoms with Crippen molar-refractivity contribution >= 4 is 46.2 Å². The summed E-state index contributed by atoms with van der Waals surface area (Å²) >= 11 is 18.0. The Hall–Kier alpha value is -3.13. The molecule has 0 saturated carbocycles. The van der Waals surface area contributed by atoms with E-state index in [1.165, 1.54) is 12.1 Å². The van der Waals surface area contributed by atoms with E-state index in [9.17, 15) is 9.50 Å². The Labute approximate surface area is 205 Å². The predicted molar refractivity (Wildman–Crippen MR) is 132 cm³/mol. The van der Waals surface area contributed by atoms with Crippen molar-refractivity contribution in [1.29, 1.82) is 0 Å². The van der Waals surface area contributed by atoms with Crippen LogP contribution in [-0.4, -0.2) is 19.8 Å². The van der Waals surface area contributed by atoms with Crippen molar-refractivity contribution in [2.45, 2.75) is 12.1 Å². The van der Waals surface area contributed by atoms with Gasteiger partial charge >= 0.3 is 0 Å². The number of anilines is 1. The standard InChI is InChI=1S/C24H17Cl2FN4OS/c25-14-6-9-21(32)20(12-14)31-23(22(29-24(31)33)18-4-1-2-10-28-18)19-5-3-11-30(19)15-7-8-17(27)16(26)13-15/h1-13,22-23,32H,(H,29,33). The number of phenols is 1. The van der Waals surface area contributed by atoms with E-state index in [2.05, 4.69) is 10.3 Å². The number of rotatable bonds is 4. The summed E-state index contributed by atoms with van der Waals surface area (Å²) in [5.74, 6) is -0.451. The Morgan fingerprint density at radius 2 is 1.88 bits per heavy atom. The molecule has 2 atom stereocenters. The zero-order valence-electron chi connectivity index (χ0n) is 17.0. The fourth-order valence-corrected chi connectivity index (χ4v) is 4.79. The molecule has 0 spiro atoms. The molecule has 9 heteroatoms. The van der Waals surface area contributed by atoms with E-state index in [0.717, 1.165) is 11.4 Å². The van der Waals surface area contributed by atoms with Gasteiger partial charge in [0.2, 0.25) is 0 Å². The molecule has 5 nitrogen and oxygen atoms in total. The Balaban J connectivity index is 1.70. The second-order valence-electron chi connectivity index (χ2n) is 7.53. The highest BCUT2D eigenvalue weighted by Gasteiger charge is 2.43. The van der Waals surface area contributed by atoms with Gasteiger partial charge in [-0.05, 0) is 72.9 Å². The third-order valence-electron chi connectivity index (χ3n) is 5.56. The minimum Gasteiger partial charge on any atom is -0.506 e. The Bertz CT molecular complexity index is 1350. The number of nitrogens with zero attached hydrogens (tertiary/aromatic N) is 3. The normalized spacial score (nSPS) is 17.9. The number of thiocarbonyl (C=S) groups is 1. The van der Waals surface area contributed by atoms with Crippen LogP contribution in [-0.2, 0) is 0 Å². The lowest BCUT2D eigenvalue weighted by atomic mass is 10.0. The van der Waals surface area contributed by atoms with Gasteiger partial charge in [0.05, 0.1) is 22.4 Å². The van der Waals surface area contributed by atoms with Crippen LogP contribution in [0.5, 0.6) is 5.75 Å². The van der Waals surface area contributed by atoms with Gasteiger partial charge in [0.25, 0.3) is 0 Å². The molecule has 3 heterocycles. The summed E-state index contributed by atoms with van der Waals surface area (Å²) in [6, 6.07) is 18.1. The maximum atomic E-state index is 13.8. The molecule has 0 amide bonds. The zero-order chi connectivity index (χ0) is 23.1. The first kappa shape index (κ1) is 21.7. The van der Waals surface area contributed by atoms with Gasteiger partial charge in [0.15, 0.2) is 5.11 Å². The van der Waals surface area contributed by atoms with Gasteiger partial charge in [-0.25, -0.2) is 4.39 Å². The average Bonchev–Trinajstić information content (AvgIpc) is 3.42. The van der Waals surface area contributed by atoms with Crippen molar-refractivity contribution in [1.82, 2.24) is 14.9 Å². The molecule has 166 valence electrons. The summed E-state index contributed by atoms with van der Waals surface area (Å²) < 4.78 is 15.7. The first-order chi connectivity index (χ1) is 15.9. The lowest BCUT2D eigenvalue weighted by molar-refractivity contribution is 0.472. The quantitative estimate of drug-likeness (QED) is 0.328. The van der Waals surface area contributed by atoms with Crippen molar-refractivity contribution < 1.29 is 9.50 Å². The van der Waals surface area contributed by atoms with Crippen LogP contribution < -0.4 is 10.2 Å². The summed E-state index contributed by atoms with van der Waals surface area (Å²) in [6.45, 7) is 0. The number of pyridine rings is 1. The van der Waals surface area contributed by atoms with E-state index >= 15 is 0 Å². The summed E-state index contributed by atoms with van der Waals surface area (Å²) in [4.78, 5) is 6.36. The van der Waals surface area contributed by atoms with Crippen molar-refractivity contribution in [3.63, 3.8) is 0 Å². The summed E-state index contributed by atoms with van der Waals surface area (Å²) in [5.41, 5.74) is 2.77. The summed E-state index contributed by atoms with van der Waals surface area (Å²) in [7, 11) is 0. The van der Waals surface area contributed by atoms with Crippen LogP contribution in [0.2, 0.25) is 10.0 Å². The average molecular weight is 499 g/mol. The first-order valence-corrected chi connectivity index (χ1v) is 11.2. The van der Waals surface area contributed by atoms with Crippen LogP contribution in [0.1, 0.15) is 23.5 Å². The van der Waals surface area contributed by atoms with Crippen molar-refractivity contribution in [2.75, 3.05) is 4.90 Å². The van der Waals surface area contributed by atoms with Gasteiger partial charge in [0, 0.05) is 28.8 Å². The van der Waals surface area contributed by atoms with Crippen LogP contribution in [0.25, 0.3) is 5.69 Å². The fourth-order valence-electron chi connectivity index (χ4n) is 4.11. The van der Waals surface area contributed by atoms with Crippen molar-refractivity contribution in [2.24, 2.45) is 0 Å². The second-order valence-corrected chi connectivity index (χ2v) is 8.76. The van der Waals surface area contributed by atoms with Gasteiger partial charge in [0.1, 0.15) is 17.6 Å². The van der Waals surface area contributed by atoms with Gasteiger partial charge in [-0.1, -0.05) is 29.3 Å². The maximum Gasteiger partial charge on any atom is 0.174 e. The summed E-state index contributed by atoms with van der Waals surface area (Å²) in [5, 5.41) is 14.9. The zero-order valence-corrected chi connectivity index (χ0v) is 19.3. The maximum absolute atomic E-state index is 13.8. The molecule has 1 aliphatic heterocycles. The number of nitrogens with one attached hydrogen (secondary N) is 1. The molecule has 2 N–H and O–H groups in total. The van der Waals surface area contributed by atoms with E-state index in [4.69, 9.17) is 35.4 Å². The SMILES string of the molecule is Oc1ccc(Cl)cc1N1C(=S)NC(c2ccccn2)C1c1cccn1-c1ccc(F)c(Cl)c1. The van der Waals surface area contributed by atoms with E-state index in [-0.39, 0.29) is 16.8 Å². The highest BCUT2D eigenvalue weighted by molar-refractivity contribution is 7.80. The number of aromatic hydroxyl groups is 1. The van der Waals surface area contributed by atoms with E-state index in [0.29, 0.717) is 21.5 Å². The Morgan fingerprint density at radius 3 is 2.64 bits per heavy atom. The lowest BCUT2D eigenvalue weighted by Gasteiger charge is -2.29. The van der Waals surface area contributed by atoms with Gasteiger partial charge in [-0.3, -0.25) is 4.98 Å². The lowest BCUT2D eigenvalue weighted by Crippen LogP contribution is -2.30. The van der Waals surface area contributed by atoms with Gasteiger partial charge in [-0.15, -0.1) is 0 Å². The number of phenolic OH excluding ortho intramolecular Hbond substituents is 1. The summed E-state index contributed by atoms with van der Waals surface area (Å²) in [6.07, 6.45) is 3.58. The number of hydrogen-bond donors (Lipinski definition) is 2. The largest absolute Gasteiger partial charge is 0.506 e. The molecular formula is C24H17Cl2FN4OS. The number of benzene rings is 2. The Kier molecular flexibility index (Phi) is 5.70. The van der Waals surface area contributed by atoms with Crippen LogP contribution in [0, 0.1) is 5.82 Å². The molecule has 33 heavy (non-hydrogen) atoms. The predicted octanol–water partition coefficient (Wildman–Crippen LogP) is 6.20. The number of aromatic nitrogens is 2. The number of halogens is 3. The molecule has 1 aliphatic rings. The van der Waals surface area contributed by atoms with Gasteiger partial charge in [-0.2, -0.15) is 0 Å². The van der Waals surface area contributed by atoms with Crippen molar-refractivity contribution in [3.05, 3.63) is 106 Å². The molecule has 2 aromatic heterocycles. The van der Waals surface area contributed by atoms with Crippen molar-refractivity contribution in [3.8, 4) is 11.4 Å². The molecule has 1 fully saturated rings. The second kappa shape index (κ2) is 8.67. The first-order valence-electron chi connectivity index (χ1n) is 10.1. The minimum atomic E-state index is -0.491. The highest BCUT2D eigenvalue weighted by atomic mass is 35.5. The minimum absolute atomic E-state index is 0.0258. The van der Waals surface area contributed by atoms with Gasteiger partial charge < -0.3 is 19.9 Å². The van der Waals surface area contributed by atoms with Crippen LogP contribution in [0.4, 0.5) is 10.1 Å². The molecular weight excluding hydrogens is 482 g/mol. The molecule has 0 bridgehead atoms. The molecule has 1 saturated heterocycles. The number of hydrogen-bond acceptors (Lipinski definition) is 3. The van der Waals surface area contributed by atoms with Crippen LogP contribution >= 0.6 is 35.4 Å². The molecule has 5 rings (SSSR count). The third kappa shape index (κ3) is 3.93. The highest BCUT2D eigenvalue weighted by Crippen LogP contribution is 2.45.